The van der Waals surface area contributed by atoms with Crippen molar-refractivity contribution in [3.63, 3.8) is 0 Å². The highest BCUT2D eigenvalue weighted by atomic mass is 16.2. The normalized spacial score (nSPS) is 21.4. The summed E-state index contributed by atoms with van der Waals surface area (Å²) in [5.41, 5.74) is 3.25. The molecule has 1 unspecified atom stereocenters. The first-order valence-electron chi connectivity index (χ1n) is 8.11. The van der Waals surface area contributed by atoms with Crippen LogP contribution in [0.4, 0.5) is 11.4 Å². The molecule has 1 saturated carbocycles. The van der Waals surface area contributed by atoms with Crippen molar-refractivity contribution in [2.24, 2.45) is 0 Å². The molecule has 2 aliphatic rings. The van der Waals surface area contributed by atoms with Crippen LogP contribution in [0.2, 0.25) is 0 Å². The number of amides is 1. The number of hydrogen-bond acceptors (Lipinski definition) is 3. The molecule has 0 aromatic heterocycles. The third kappa shape index (κ3) is 2.77. The molecule has 1 fully saturated rings. The van der Waals surface area contributed by atoms with Crippen LogP contribution in [-0.2, 0) is 4.79 Å². The van der Waals surface area contributed by atoms with Gasteiger partial charge in [-0.3, -0.25) is 4.79 Å². The van der Waals surface area contributed by atoms with Gasteiger partial charge in [-0.05, 0) is 37.9 Å². The highest BCUT2D eigenvalue weighted by molar-refractivity contribution is 6.03. The molecule has 1 aliphatic heterocycles. The van der Waals surface area contributed by atoms with Gasteiger partial charge in [0.15, 0.2) is 0 Å². The number of fused-ring (bicyclic) bond motifs is 1. The van der Waals surface area contributed by atoms with Crippen molar-refractivity contribution >= 4 is 17.3 Å². The number of carbonyl (C=O) groups excluding carboxylic acids is 1. The zero-order chi connectivity index (χ0) is 14.8. The van der Waals surface area contributed by atoms with Crippen molar-refractivity contribution in [2.75, 3.05) is 23.8 Å². The van der Waals surface area contributed by atoms with Gasteiger partial charge < -0.3 is 15.5 Å². The zero-order valence-electron chi connectivity index (χ0n) is 13.0. The summed E-state index contributed by atoms with van der Waals surface area (Å²) in [5, 5.41) is 6.33. The van der Waals surface area contributed by atoms with E-state index < -0.39 is 0 Å². The number of rotatable bonds is 5. The Morgan fingerprint density at radius 3 is 2.81 bits per heavy atom. The topological polar surface area (TPSA) is 44.4 Å². The van der Waals surface area contributed by atoms with E-state index in [1.807, 2.05) is 0 Å². The van der Waals surface area contributed by atoms with Crippen LogP contribution >= 0.6 is 0 Å². The maximum Gasteiger partial charge on any atom is 0.246 e. The van der Waals surface area contributed by atoms with Crippen LogP contribution < -0.4 is 15.5 Å². The van der Waals surface area contributed by atoms with Gasteiger partial charge in [-0.1, -0.05) is 25.8 Å². The first kappa shape index (κ1) is 14.4. The van der Waals surface area contributed by atoms with Crippen LogP contribution in [0, 0.1) is 0 Å². The minimum absolute atomic E-state index is 0.0686. The fraction of sp³-hybridized carbons (Fsp3) is 0.588. The predicted molar refractivity (Wildman–Crippen MR) is 86.8 cm³/mol. The minimum atomic E-state index is -0.189. The molecule has 4 nitrogen and oxygen atoms in total. The molecule has 1 amide bonds. The molecule has 1 atom stereocenters. The number of anilines is 2. The van der Waals surface area contributed by atoms with Crippen molar-refractivity contribution in [1.82, 2.24) is 5.32 Å². The van der Waals surface area contributed by atoms with E-state index >= 15 is 0 Å². The molecule has 2 N–H and O–H groups in total. The number of hydrogen-bond donors (Lipinski definition) is 2. The van der Waals surface area contributed by atoms with E-state index in [1.54, 1.807) is 0 Å². The summed E-state index contributed by atoms with van der Waals surface area (Å²) < 4.78 is 0. The molecule has 0 saturated heterocycles. The molecular formula is C17H25N3O. The van der Waals surface area contributed by atoms with Crippen LogP contribution in [0.5, 0.6) is 0 Å². The monoisotopic (exact) mass is 287 g/mol. The van der Waals surface area contributed by atoms with Crippen molar-refractivity contribution in [1.29, 1.82) is 0 Å². The van der Waals surface area contributed by atoms with Crippen molar-refractivity contribution in [2.45, 2.75) is 51.1 Å². The summed E-state index contributed by atoms with van der Waals surface area (Å²) in [6.45, 7) is 2.97. The Bertz CT molecular complexity index is 523. The molecule has 3 rings (SSSR count). The van der Waals surface area contributed by atoms with Gasteiger partial charge in [0.1, 0.15) is 6.04 Å². The summed E-state index contributed by atoms with van der Waals surface area (Å²) in [7, 11) is 2.17. The largest absolute Gasteiger partial charge is 0.372 e. The van der Waals surface area contributed by atoms with E-state index in [0.29, 0.717) is 6.04 Å². The second-order valence-corrected chi connectivity index (χ2v) is 6.20. The predicted octanol–water partition coefficient (Wildman–Crippen LogP) is 3.06. The Balaban J connectivity index is 1.79. The summed E-state index contributed by atoms with van der Waals surface area (Å²) >= 11 is 0. The second-order valence-electron chi connectivity index (χ2n) is 6.20. The van der Waals surface area contributed by atoms with Gasteiger partial charge in [0.2, 0.25) is 5.91 Å². The number of benzene rings is 1. The van der Waals surface area contributed by atoms with E-state index in [9.17, 15) is 4.79 Å². The number of nitrogens with one attached hydrogen (secondary N) is 2. The molecule has 1 heterocycles. The summed E-state index contributed by atoms with van der Waals surface area (Å²) in [6, 6.07) is 6.83. The SMILES string of the molecule is CCCNC1C(=O)Nc2cc(N(C)C3CCCC3)ccc21. The lowest BCUT2D eigenvalue weighted by atomic mass is 10.1. The maximum atomic E-state index is 12.1. The van der Waals surface area contributed by atoms with Gasteiger partial charge in [0, 0.05) is 30.0 Å². The van der Waals surface area contributed by atoms with Crippen LogP contribution in [0.15, 0.2) is 18.2 Å². The summed E-state index contributed by atoms with van der Waals surface area (Å²) in [6.07, 6.45) is 6.25. The highest BCUT2D eigenvalue weighted by Crippen LogP contribution is 2.35. The smallest absolute Gasteiger partial charge is 0.246 e. The molecule has 0 radical (unpaired) electrons. The first-order valence-corrected chi connectivity index (χ1v) is 8.11. The fourth-order valence-corrected chi connectivity index (χ4v) is 3.46. The van der Waals surface area contributed by atoms with Crippen molar-refractivity contribution < 1.29 is 4.79 Å². The van der Waals surface area contributed by atoms with Gasteiger partial charge in [0.05, 0.1) is 0 Å². The Hall–Kier alpha value is -1.55. The minimum Gasteiger partial charge on any atom is -0.372 e. The Morgan fingerprint density at radius 2 is 2.10 bits per heavy atom. The molecule has 21 heavy (non-hydrogen) atoms. The molecule has 1 aliphatic carbocycles. The fourth-order valence-electron chi connectivity index (χ4n) is 3.46. The van der Waals surface area contributed by atoms with Crippen molar-refractivity contribution in [3.05, 3.63) is 23.8 Å². The third-order valence-corrected chi connectivity index (χ3v) is 4.75. The van der Waals surface area contributed by atoms with Crippen LogP contribution in [0.3, 0.4) is 0 Å². The zero-order valence-corrected chi connectivity index (χ0v) is 13.0. The van der Waals surface area contributed by atoms with E-state index in [2.05, 4.69) is 47.7 Å². The highest BCUT2D eigenvalue weighted by Gasteiger charge is 2.30. The average molecular weight is 287 g/mol. The Labute approximate surface area is 126 Å². The first-order chi connectivity index (χ1) is 10.2. The lowest BCUT2D eigenvalue weighted by Crippen LogP contribution is -2.28. The maximum absolute atomic E-state index is 12.1. The lowest BCUT2D eigenvalue weighted by Gasteiger charge is -2.27. The lowest BCUT2D eigenvalue weighted by molar-refractivity contribution is -0.117. The molecule has 1 aromatic rings. The van der Waals surface area contributed by atoms with Crippen LogP contribution in [0.1, 0.15) is 50.6 Å². The van der Waals surface area contributed by atoms with E-state index in [1.165, 1.54) is 31.4 Å². The number of carbonyl (C=O) groups is 1. The molecule has 0 spiro atoms. The second kappa shape index (κ2) is 6.06. The Morgan fingerprint density at radius 1 is 1.33 bits per heavy atom. The third-order valence-electron chi connectivity index (χ3n) is 4.75. The van der Waals surface area contributed by atoms with Gasteiger partial charge >= 0.3 is 0 Å². The average Bonchev–Trinajstić information content (AvgIpc) is 3.11. The number of nitrogens with zero attached hydrogens (tertiary/aromatic N) is 1. The van der Waals surface area contributed by atoms with Gasteiger partial charge in [-0.25, -0.2) is 0 Å². The molecule has 0 bridgehead atoms. The van der Waals surface area contributed by atoms with Gasteiger partial charge in [-0.2, -0.15) is 0 Å². The molecule has 1 aromatic carbocycles. The molecule has 4 heteroatoms. The van der Waals surface area contributed by atoms with Gasteiger partial charge in [0.25, 0.3) is 0 Å². The molecular weight excluding hydrogens is 262 g/mol. The van der Waals surface area contributed by atoms with Crippen LogP contribution in [0.25, 0.3) is 0 Å². The quantitative estimate of drug-likeness (QED) is 0.875. The van der Waals surface area contributed by atoms with E-state index in [4.69, 9.17) is 0 Å². The summed E-state index contributed by atoms with van der Waals surface area (Å²) in [5.74, 6) is 0.0686. The van der Waals surface area contributed by atoms with E-state index in [0.717, 1.165) is 24.2 Å². The van der Waals surface area contributed by atoms with E-state index in [-0.39, 0.29) is 11.9 Å². The van der Waals surface area contributed by atoms with Crippen LogP contribution in [-0.4, -0.2) is 25.5 Å². The van der Waals surface area contributed by atoms with Gasteiger partial charge in [-0.15, -0.1) is 0 Å². The molecule has 114 valence electrons. The van der Waals surface area contributed by atoms with Crippen molar-refractivity contribution in [3.8, 4) is 0 Å². The standard InChI is InChI=1S/C17H25N3O/c1-3-10-18-16-14-9-8-13(11-15(14)19-17(16)21)20(2)12-6-4-5-7-12/h8-9,11-12,16,18H,3-7,10H2,1-2H3,(H,19,21). The summed E-state index contributed by atoms with van der Waals surface area (Å²) in [4.78, 5) is 14.5. The Kier molecular flexibility index (Phi) is 4.15.